The quantitative estimate of drug-likeness (QED) is 0.778. The lowest BCUT2D eigenvalue weighted by molar-refractivity contribution is -0.125. The number of carbonyl (C=O) groups excluding carboxylic acids is 1. The zero-order chi connectivity index (χ0) is 11.8. The Bertz CT molecular complexity index is 452. The van der Waals surface area contributed by atoms with Crippen molar-refractivity contribution < 1.29 is 13.9 Å². The van der Waals surface area contributed by atoms with Gasteiger partial charge in [-0.25, -0.2) is 4.39 Å². The van der Waals surface area contributed by atoms with Crippen LogP contribution < -0.4 is 5.32 Å². The summed E-state index contributed by atoms with van der Waals surface area (Å²) < 4.78 is 18.5. The Labute approximate surface area is 98.4 Å². The SMILES string of the molecule is O=C1N[C@@H](c2cccc(F)c2)N2CCOC[C@H]12. The fourth-order valence-corrected chi connectivity index (χ4v) is 2.42. The Kier molecular flexibility index (Phi) is 2.57. The molecule has 1 N–H and O–H groups in total. The molecular weight excluding hydrogens is 223 g/mol. The first-order valence-corrected chi connectivity index (χ1v) is 5.65. The summed E-state index contributed by atoms with van der Waals surface area (Å²) in [5.41, 5.74) is 0.780. The van der Waals surface area contributed by atoms with E-state index in [1.54, 1.807) is 6.07 Å². The first-order chi connectivity index (χ1) is 8.25. The molecule has 2 heterocycles. The van der Waals surface area contributed by atoms with Crippen molar-refractivity contribution in [2.24, 2.45) is 0 Å². The van der Waals surface area contributed by atoms with Crippen molar-refractivity contribution >= 4 is 5.91 Å². The minimum Gasteiger partial charge on any atom is -0.378 e. The predicted molar refractivity (Wildman–Crippen MR) is 58.6 cm³/mol. The molecule has 1 amide bonds. The summed E-state index contributed by atoms with van der Waals surface area (Å²) in [6.07, 6.45) is -0.230. The predicted octanol–water partition coefficient (Wildman–Crippen LogP) is 0.655. The normalized spacial score (nSPS) is 28.9. The summed E-state index contributed by atoms with van der Waals surface area (Å²) in [4.78, 5) is 13.8. The van der Waals surface area contributed by atoms with Crippen LogP contribution in [0.1, 0.15) is 11.7 Å². The van der Waals surface area contributed by atoms with Crippen molar-refractivity contribution in [3.63, 3.8) is 0 Å². The third-order valence-electron chi connectivity index (χ3n) is 3.25. The number of hydrogen-bond donors (Lipinski definition) is 1. The van der Waals surface area contributed by atoms with E-state index >= 15 is 0 Å². The van der Waals surface area contributed by atoms with Gasteiger partial charge < -0.3 is 10.1 Å². The van der Waals surface area contributed by atoms with Gasteiger partial charge in [0.1, 0.15) is 18.0 Å². The van der Waals surface area contributed by atoms with Crippen LogP contribution in [0.15, 0.2) is 24.3 Å². The zero-order valence-corrected chi connectivity index (χ0v) is 9.23. The molecule has 2 saturated heterocycles. The van der Waals surface area contributed by atoms with Gasteiger partial charge in [-0.2, -0.15) is 0 Å². The van der Waals surface area contributed by atoms with E-state index in [2.05, 4.69) is 5.32 Å². The third kappa shape index (κ3) is 1.81. The van der Waals surface area contributed by atoms with E-state index < -0.39 is 0 Å². The smallest absolute Gasteiger partial charge is 0.241 e. The second kappa shape index (κ2) is 4.09. The molecule has 0 aromatic heterocycles. The Morgan fingerprint density at radius 1 is 1.47 bits per heavy atom. The largest absolute Gasteiger partial charge is 0.378 e. The molecule has 2 fully saturated rings. The molecule has 2 aliphatic heterocycles. The van der Waals surface area contributed by atoms with Gasteiger partial charge >= 0.3 is 0 Å². The van der Waals surface area contributed by atoms with E-state index in [1.807, 2.05) is 11.0 Å². The van der Waals surface area contributed by atoms with Crippen LogP contribution in [0.3, 0.4) is 0 Å². The third-order valence-corrected chi connectivity index (χ3v) is 3.25. The molecule has 3 rings (SSSR count). The molecule has 0 aliphatic carbocycles. The summed E-state index contributed by atoms with van der Waals surface area (Å²) in [5.74, 6) is -0.326. The molecule has 90 valence electrons. The van der Waals surface area contributed by atoms with Crippen molar-refractivity contribution in [2.45, 2.75) is 12.2 Å². The van der Waals surface area contributed by atoms with E-state index in [9.17, 15) is 9.18 Å². The van der Waals surface area contributed by atoms with Crippen molar-refractivity contribution in [3.05, 3.63) is 35.6 Å². The van der Waals surface area contributed by atoms with E-state index in [0.29, 0.717) is 19.8 Å². The van der Waals surface area contributed by atoms with Gasteiger partial charge in [-0.05, 0) is 17.7 Å². The van der Waals surface area contributed by atoms with Gasteiger partial charge in [0.2, 0.25) is 5.91 Å². The van der Waals surface area contributed by atoms with Gasteiger partial charge in [0.15, 0.2) is 0 Å². The zero-order valence-electron chi connectivity index (χ0n) is 9.23. The van der Waals surface area contributed by atoms with Crippen molar-refractivity contribution in [1.29, 1.82) is 0 Å². The molecule has 0 spiro atoms. The number of morpholine rings is 1. The number of amides is 1. The van der Waals surface area contributed by atoms with Crippen LogP contribution >= 0.6 is 0 Å². The molecule has 2 aliphatic rings. The lowest BCUT2D eigenvalue weighted by Crippen LogP contribution is -2.44. The van der Waals surface area contributed by atoms with Crippen LogP contribution in [0.2, 0.25) is 0 Å². The number of nitrogens with zero attached hydrogens (tertiary/aromatic N) is 1. The Hall–Kier alpha value is -1.46. The minimum atomic E-state index is -0.284. The van der Waals surface area contributed by atoms with E-state index in [4.69, 9.17) is 4.74 Å². The topological polar surface area (TPSA) is 41.6 Å². The fraction of sp³-hybridized carbons (Fsp3) is 0.417. The van der Waals surface area contributed by atoms with Crippen LogP contribution in [0.25, 0.3) is 0 Å². The summed E-state index contributed by atoms with van der Waals surface area (Å²) in [7, 11) is 0. The fourth-order valence-electron chi connectivity index (χ4n) is 2.42. The highest BCUT2D eigenvalue weighted by molar-refractivity contribution is 5.84. The van der Waals surface area contributed by atoms with Crippen LogP contribution in [-0.2, 0) is 9.53 Å². The number of benzene rings is 1. The summed E-state index contributed by atoms with van der Waals surface area (Å²) >= 11 is 0. The molecule has 5 heteroatoms. The molecule has 1 aromatic rings. The number of ether oxygens (including phenoxy) is 1. The second-order valence-electron chi connectivity index (χ2n) is 4.29. The van der Waals surface area contributed by atoms with E-state index in [1.165, 1.54) is 12.1 Å². The number of carbonyl (C=O) groups is 1. The van der Waals surface area contributed by atoms with Crippen molar-refractivity contribution in [2.75, 3.05) is 19.8 Å². The molecule has 0 saturated carbocycles. The van der Waals surface area contributed by atoms with Gasteiger partial charge in [-0.15, -0.1) is 0 Å². The van der Waals surface area contributed by atoms with Gasteiger partial charge in [-0.3, -0.25) is 9.69 Å². The van der Waals surface area contributed by atoms with Crippen LogP contribution in [0.5, 0.6) is 0 Å². The minimum absolute atomic E-state index is 0.0426. The maximum absolute atomic E-state index is 13.2. The molecule has 0 unspecified atom stereocenters. The number of fused-ring (bicyclic) bond motifs is 1. The number of rotatable bonds is 1. The molecule has 1 aromatic carbocycles. The molecule has 0 radical (unpaired) electrons. The first kappa shape index (κ1) is 10.7. The Morgan fingerprint density at radius 2 is 2.35 bits per heavy atom. The number of nitrogens with one attached hydrogen (secondary N) is 1. The Morgan fingerprint density at radius 3 is 3.18 bits per heavy atom. The average Bonchev–Trinajstić information content (AvgIpc) is 2.68. The van der Waals surface area contributed by atoms with Crippen molar-refractivity contribution in [1.82, 2.24) is 10.2 Å². The maximum Gasteiger partial charge on any atom is 0.241 e. The van der Waals surface area contributed by atoms with Crippen LogP contribution in [0, 0.1) is 5.82 Å². The monoisotopic (exact) mass is 236 g/mol. The lowest BCUT2D eigenvalue weighted by Gasteiger charge is -2.31. The Balaban J connectivity index is 1.91. The van der Waals surface area contributed by atoms with Crippen LogP contribution in [-0.4, -0.2) is 36.6 Å². The summed E-state index contributed by atoms with van der Waals surface area (Å²) in [5, 5.41) is 2.88. The highest BCUT2D eigenvalue weighted by Crippen LogP contribution is 2.28. The van der Waals surface area contributed by atoms with Gasteiger partial charge in [0.05, 0.1) is 13.2 Å². The average molecular weight is 236 g/mol. The van der Waals surface area contributed by atoms with E-state index in [0.717, 1.165) is 5.56 Å². The molecule has 2 atom stereocenters. The highest BCUT2D eigenvalue weighted by Gasteiger charge is 2.42. The molecule has 4 nitrogen and oxygen atoms in total. The summed E-state index contributed by atoms with van der Waals surface area (Å²) in [6.45, 7) is 1.71. The van der Waals surface area contributed by atoms with Gasteiger partial charge in [-0.1, -0.05) is 12.1 Å². The molecule has 17 heavy (non-hydrogen) atoms. The van der Waals surface area contributed by atoms with Crippen molar-refractivity contribution in [3.8, 4) is 0 Å². The standard InChI is InChI=1S/C12H13FN2O2/c13-9-3-1-2-8(6-9)11-14-12(16)10-7-17-5-4-15(10)11/h1-3,6,10-11H,4-5,7H2,(H,14,16)/t10-,11-/m1/s1. The highest BCUT2D eigenvalue weighted by atomic mass is 19.1. The first-order valence-electron chi connectivity index (χ1n) is 5.65. The number of halogens is 1. The molecule has 0 bridgehead atoms. The number of hydrogen-bond acceptors (Lipinski definition) is 3. The second-order valence-corrected chi connectivity index (χ2v) is 4.29. The van der Waals surface area contributed by atoms with Gasteiger partial charge in [0.25, 0.3) is 0 Å². The summed E-state index contributed by atoms with van der Waals surface area (Å²) in [6, 6.07) is 6.10. The van der Waals surface area contributed by atoms with E-state index in [-0.39, 0.29) is 23.9 Å². The van der Waals surface area contributed by atoms with Crippen LogP contribution in [0.4, 0.5) is 4.39 Å². The maximum atomic E-state index is 13.2. The lowest BCUT2D eigenvalue weighted by atomic mass is 10.1. The van der Waals surface area contributed by atoms with Gasteiger partial charge in [0, 0.05) is 6.54 Å². The molecular formula is C12H13FN2O2.